The predicted molar refractivity (Wildman–Crippen MR) is 137 cm³/mol. The number of Topliss-reactive ketones (excluding diaryl/α,β-unsaturated/α-hetero) is 1. The minimum absolute atomic E-state index is 0.00621. The monoisotopic (exact) mass is 501 g/mol. The van der Waals surface area contributed by atoms with E-state index in [0.717, 1.165) is 36.2 Å². The Balaban J connectivity index is 1.32. The van der Waals surface area contributed by atoms with E-state index in [1.165, 1.54) is 0 Å². The average molecular weight is 502 g/mol. The predicted octanol–water partition coefficient (Wildman–Crippen LogP) is 4.50. The van der Waals surface area contributed by atoms with E-state index in [-0.39, 0.29) is 11.7 Å². The fourth-order valence-electron chi connectivity index (χ4n) is 4.75. The third-order valence-electron chi connectivity index (χ3n) is 6.57. The number of nitrogens with one attached hydrogen (secondary N) is 1. The zero-order valence-corrected chi connectivity index (χ0v) is 20.2. The Hall–Kier alpha value is -3.98. The smallest absolute Gasteiger partial charge is 0.227 e. The maximum Gasteiger partial charge on any atom is 0.227 e. The van der Waals surface area contributed by atoms with Crippen LogP contribution in [0.1, 0.15) is 34.2 Å². The molecule has 9 nitrogen and oxygen atoms in total. The first-order valence-corrected chi connectivity index (χ1v) is 12.3. The molecule has 0 saturated carbocycles. The molecular formula is C26H24ClN7O2. The van der Waals surface area contributed by atoms with E-state index in [9.17, 15) is 4.79 Å². The van der Waals surface area contributed by atoms with E-state index >= 15 is 0 Å². The fraction of sp³-hybridized carbons (Fsp3) is 0.269. The number of ketones is 1. The zero-order chi connectivity index (χ0) is 24.5. The Kier molecular flexibility index (Phi) is 5.98. The van der Waals surface area contributed by atoms with Crippen molar-refractivity contribution in [2.75, 3.05) is 41.3 Å². The summed E-state index contributed by atoms with van der Waals surface area (Å²) in [6, 6.07) is 12.9. The standard InChI is InChI=1S/C26H24ClN7O2/c27-18-4-6-19(7-5-18)30-24-23-20(15-17(16-21(23)35)22-3-1-14-36-22)31-26(32-24)34-12-10-33(11-13-34)25-28-8-2-9-29-25/h1-9,14,17H,10-13,15-16H2,(H,30,31,32). The van der Waals surface area contributed by atoms with Crippen LogP contribution in [-0.4, -0.2) is 51.9 Å². The second-order valence-corrected chi connectivity index (χ2v) is 9.33. The number of rotatable bonds is 5. The first kappa shape index (κ1) is 22.5. The van der Waals surface area contributed by atoms with Gasteiger partial charge in [0.05, 0.1) is 17.5 Å². The van der Waals surface area contributed by atoms with Crippen molar-refractivity contribution in [2.45, 2.75) is 18.8 Å². The van der Waals surface area contributed by atoms with Gasteiger partial charge in [-0.25, -0.2) is 15.0 Å². The van der Waals surface area contributed by atoms with Crippen molar-refractivity contribution in [3.8, 4) is 0 Å². The summed E-state index contributed by atoms with van der Waals surface area (Å²) in [4.78, 5) is 36.1. The van der Waals surface area contributed by atoms with Gasteiger partial charge in [0.15, 0.2) is 5.78 Å². The van der Waals surface area contributed by atoms with Crippen molar-refractivity contribution in [1.29, 1.82) is 0 Å². The summed E-state index contributed by atoms with van der Waals surface area (Å²) >= 11 is 6.06. The Morgan fingerprint density at radius 1 is 0.889 bits per heavy atom. The van der Waals surface area contributed by atoms with E-state index in [1.807, 2.05) is 30.3 Å². The molecule has 4 aromatic rings. The summed E-state index contributed by atoms with van der Waals surface area (Å²) in [6.45, 7) is 2.93. The summed E-state index contributed by atoms with van der Waals surface area (Å²) in [6.07, 6.45) is 6.11. The lowest BCUT2D eigenvalue weighted by molar-refractivity contribution is 0.0959. The molecule has 2 aliphatic rings. The van der Waals surface area contributed by atoms with Crippen LogP contribution < -0.4 is 15.1 Å². The van der Waals surface area contributed by atoms with E-state index < -0.39 is 0 Å². The largest absolute Gasteiger partial charge is 0.469 e. The summed E-state index contributed by atoms with van der Waals surface area (Å²) in [7, 11) is 0. The van der Waals surface area contributed by atoms with Crippen molar-refractivity contribution in [3.05, 3.63) is 83.2 Å². The van der Waals surface area contributed by atoms with Gasteiger partial charge in [-0.15, -0.1) is 0 Å². The van der Waals surface area contributed by atoms with Crippen LogP contribution in [0, 0.1) is 0 Å². The maximum absolute atomic E-state index is 13.3. The molecule has 0 bridgehead atoms. The number of carbonyl (C=O) groups excluding carboxylic acids is 1. The number of hydrogen-bond donors (Lipinski definition) is 1. The van der Waals surface area contributed by atoms with Crippen LogP contribution in [0.3, 0.4) is 0 Å². The number of aromatic nitrogens is 4. The molecule has 36 heavy (non-hydrogen) atoms. The molecule has 1 aliphatic carbocycles. The third-order valence-corrected chi connectivity index (χ3v) is 6.82. The minimum atomic E-state index is -0.0433. The number of nitrogens with zero attached hydrogens (tertiary/aromatic N) is 6. The lowest BCUT2D eigenvalue weighted by atomic mass is 9.84. The van der Waals surface area contributed by atoms with Gasteiger partial charge >= 0.3 is 0 Å². The van der Waals surface area contributed by atoms with Crippen LogP contribution >= 0.6 is 11.6 Å². The van der Waals surface area contributed by atoms with Crippen LogP contribution in [0.4, 0.5) is 23.4 Å². The number of furan rings is 1. The highest BCUT2D eigenvalue weighted by molar-refractivity contribution is 6.30. The first-order valence-electron chi connectivity index (χ1n) is 11.9. The molecule has 0 amide bonds. The van der Waals surface area contributed by atoms with E-state index in [4.69, 9.17) is 26.0 Å². The number of halogens is 1. The summed E-state index contributed by atoms with van der Waals surface area (Å²) in [5, 5.41) is 3.98. The van der Waals surface area contributed by atoms with Crippen LogP contribution in [0.2, 0.25) is 5.02 Å². The Morgan fingerprint density at radius 2 is 1.61 bits per heavy atom. The van der Waals surface area contributed by atoms with Crippen LogP contribution in [0.15, 0.2) is 65.5 Å². The third kappa shape index (κ3) is 4.49. The number of anilines is 4. The molecule has 3 aromatic heterocycles. The van der Waals surface area contributed by atoms with Crippen molar-refractivity contribution in [3.63, 3.8) is 0 Å². The number of piperazine rings is 1. The van der Waals surface area contributed by atoms with Gasteiger partial charge in [0, 0.05) is 68.0 Å². The molecule has 4 heterocycles. The first-order chi connectivity index (χ1) is 17.6. The summed E-state index contributed by atoms with van der Waals surface area (Å²) in [5.74, 6) is 2.61. The zero-order valence-electron chi connectivity index (χ0n) is 19.5. The molecule has 1 unspecified atom stereocenters. The van der Waals surface area contributed by atoms with E-state index in [2.05, 4.69) is 25.1 Å². The highest BCUT2D eigenvalue weighted by atomic mass is 35.5. The van der Waals surface area contributed by atoms with Crippen LogP contribution in [0.25, 0.3) is 0 Å². The number of carbonyl (C=O) groups is 1. The van der Waals surface area contributed by atoms with Crippen LogP contribution in [-0.2, 0) is 6.42 Å². The average Bonchev–Trinajstić information content (AvgIpc) is 3.45. The number of hydrogen-bond acceptors (Lipinski definition) is 9. The fourth-order valence-corrected chi connectivity index (χ4v) is 4.88. The van der Waals surface area contributed by atoms with Gasteiger partial charge in [0.25, 0.3) is 0 Å². The quantitative estimate of drug-likeness (QED) is 0.423. The molecule has 10 heteroatoms. The summed E-state index contributed by atoms with van der Waals surface area (Å²) in [5.41, 5.74) is 2.09. The maximum atomic E-state index is 13.3. The number of benzene rings is 1. The van der Waals surface area contributed by atoms with Gasteiger partial charge in [0.1, 0.15) is 11.6 Å². The highest BCUT2D eigenvalue weighted by Crippen LogP contribution is 2.36. The normalized spacial score (nSPS) is 17.7. The summed E-state index contributed by atoms with van der Waals surface area (Å²) < 4.78 is 5.62. The molecule has 1 N–H and O–H groups in total. The molecule has 6 rings (SSSR count). The van der Waals surface area contributed by atoms with Gasteiger partial charge < -0.3 is 19.5 Å². The van der Waals surface area contributed by atoms with Crippen molar-refractivity contribution in [1.82, 2.24) is 19.9 Å². The van der Waals surface area contributed by atoms with Gasteiger partial charge in [-0.3, -0.25) is 4.79 Å². The topological polar surface area (TPSA) is 100 Å². The second-order valence-electron chi connectivity index (χ2n) is 8.89. The van der Waals surface area contributed by atoms with Crippen LogP contribution in [0.5, 0.6) is 0 Å². The van der Waals surface area contributed by atoms with E-state index in [0.29, 0.717) is 48.3 Å². The van der Waals surface area contributed by atoms with Gasteiger partial charge in [0.2, 0.25) is 11.9 Å². The molecule has 1 aromatic carbocycles. The van der Waals surface area contributed by atoms with Gasteiger partial charge in [-0.1, -0.05) is 11.6 Å². The highest BCUT2D eigenvalue weighted by Gasteiger charge is 2.33. The lowest BCUT2D eigenvalue weighted by Gasteiger charge is -2.35. The van der Waals surface area contributed by atoms with Crippen molar-refractivity contribution in [2.24, 2.45) is 0 Å². The molecule has 0 spiro atoms. The van der Waals surface area contributed by atoms with Gasteiger partial charge in [-0.05, 0) is 42.5 Å². The Morgan fingerprint density at radius 3 is 2.31 bits per heavy atom. The minimum Gasteiger partial charge on any atom is -0.469 e. The SMILES string of the molecule is O=C1CC(c2ccco2)Cc2nc(N3CCN(c4ncccn4)CC3)nc(Nc3ccc(Cl)cc3)c21. The van der Waals surface area contributed by atoms with Crippen molar-refractivity contribution < 1.29 is 9.21 Å². The van der Waals surface area contributed by atoms with Crippen molar-refractivity contribution >= 4 is 40.8 Å². The van der Waals surface area contributed by atoms with E-state index in [1.54, 1.807) is 30.8 Å². The molecule has 1 fully saturated rings. The lowest BCUT2D eigenvalue weighted by Crippen LogP contribution is -2.48. The number of fused-ring (bicyclic) bond motifs is 1. The second kappa shape index (κ2) is 9.58. The molecular weight excluding hydrogens is 478 g/mol. The molecule has 1 saturated heterocycles. The Labute approximate surface area is 213 Å². The molecule has 1 atom stereocenters. The Bertz CT molecular complexity index is 1360. The van der Waals surface area contributed by atoms with Gasteiger partial charge in [-0.2, -0.15) is 4.98 Å². The molecule has 1 aliphatic heterocycles. The molecule has 182 valence electrons. The molecule has 0 radical (unpaired) electrons.